The van der Waals surface area contributed by atoms with Gasteiger partial charge in [0.2, 0.25) is 0 Å². The fraction of sp³-hybridized carbons (Fsp3) is 0.556. The molecule has 0 aliphatic rings. The predicted octanol–water partition coefficient (Wildman–Crippen LogP) is 3.40. The van der Waals surface area contributed by atoms with Crippen molar-refractivity contribution < 1.29 is 4.74 Å². The van der Waals surface area contributed by atoms with Crippen LogP contribution in [0.3, 0.4) is 0 Å². The second-order valence-electron chi connectivity index (χ2n) is 3.91. The van der Waals surface area contributed by atoms with Gasteiger partial charge in [-0.2, -0.15) is 0 Å². The van der Waals surface area contributed by atoms with Crippen LogP contribution < -0.4 is 0 Å². The van der Waals surface area contributed by atoms with Crippen molar-refractivity contribution in [3.63, 3.8) is 0 Å². The largest absolute Gasteiger partial charge is 0.356 e. The summed E-state index contributed by atoms with van der Waals surface area (Å²) in [6.07, 6.45) is 6.47. The van der Waals surface area contributed by atoms with Crippen LogP contribution in [0.25, 0.3) is 0 Å². The van der Waals surface area contributed by atoms with E-state index in [2.05, 4.69) is 61.2 Å². The summed E-state index contributed by atoms with van der Waals surface area (Å²) < 4.78 is 5.21. The van der Waals surface area contributed by atoms with Crippen molar-refractivity contribution in [1.29, 1.82) is 0 Å². The summed E-state index contributed by atoms with van der Waals surface area (Å²) in [6, 6.07) is 0. The SMILES string of the molecule is CCCCC#CC#CCOCC#CC#CCCCC. The average molecular weight is 254 g/mol. The molecular formula is C18H22O. The van der Waals surface area contributed by atoms with Crippen molar-refractivity contribution in [3.8, 4) is 47.4 Å². The summed E-state index contributed by atoms with van der Waals surface area (Å²) in [5, 5.41) is 0. The Bertz CT molecular complexity index is 399. The lowest BCUT2D eigenvalue weighted by Crippen LogP contribution is -1.90. The highest BCUT2D eigenvalue weighted by Crippen LogP contribution is 1.90. The highest BCUT2D eigenvalue weighted by Gasteiger charge is 1.77. The Morgan fingerprint density at radius 1 is 0.632 bits per heavy atom. The number of rotatable bonds is 6. The molecule has 0 radical (unpaired) electrons. The number of hydrogen-bond acceptors (Lipinski definition) is 1. The molecule has 0 N–H and O–H groups in total. The third-order valence-corrected chi connectivity index (χ3v) is 2.14. The van der Waals surface area contributed by atoms with Crippen molar-refractivity contribution in [3.05, 3.63) is 0 Å². The summed E-state index contributed by atoms with van der Waals surface area (Å²) in [5.74, 6) is 22.8. The molecule has 0 fully saturated rings. The smallest absolute Gasteiger partial charge is 0.110 e. The molecular weight excluding hydrogens is 232 g/mol. The van der Waals surface area contributed by atoms with Crippen molar-refractivity contribution in [2.24, 2.45) is 0 Å². The standard InChI is InChI=1S/C18H22O/c1-3-5-7-9-11-13-15-17-19-18-16-14-12-10-8-6-4-2/h3-8,17-18H2,1-2H3. The van der Waals surface area contributed by atoms with Gasteiger partial charge in [0.15, 0.2) is 0 Å². The highest BCUT2D eigenvalue weighted by molar-refractivity contribution is 5.26. The highest BCUT2D eigenvalue weighted by atomic mass is 16.5. The fourth-order valence-electron chi connectivity index (χ4n) is 1.06. The second-order valence-corrected chi connectivity index (χ2v) is 3.91. The monoisotopic (exact) mass is 254 g/mol. The summed E-state index contributed by atoms with van der Waals surface area (Å²) in [6.45, 7) is 5.05. The lowest BCUT2D eigenvalue weighted by atomic mass is 10.2. The molecule has 0 unspecified atom stereocenters. The molecule has 100 valence electrons. The molecule has 0 saturated heterocycles. The van der Waals surface area contributed by atoms with Crippen LogP contribution in [0.5, 0.6) is 0 Å². The van der Waals surface area contributed by atoms with E-state index in [4.69, 9.17) is 4.74 Å². The Morgan fingerprint density at radius 3 is 1.47 bits per heavy atom. The molecule has 0 atom stereocenters. The van der Waals surface area contributed by atoms with Crippen LogP contribution in [0.15, 0.2) is 0 Å². The molecule has 0 aliphatic carbocycles. The molecule has 0 saturated carbocycles. The van der Waals surface area contributed by atoms with Gasteiger partial charge in [0.1, 0.15) is 13.2 Å². The van der Waals surface area contributed by atoms with Crippen LogP contribution in [0, 0.1) is 47.4 Å². The van der Waals surface area contributed by atoms with E-state index in [1.165, 1.54) is 12.8 Å². The molecule has 1 heteroatoms. The van der Waals surface area contributed by atoms with Crippen LogP contribution in [-0.4, -0.2) is 13.2 Å². The zero-order chi connectivity index (χ0) is 14.0. The summed E-state index contributed by atoms with van der Waals surface area (Å²) >= 11 is 0. The van der Waals surface area contributed by atoms with E-state index in [-0.39, 0.29) is 0 Å². The van der Waals surface area contributed by atoms with E-state index in [1.54, 1.807) is 0 Å². The third kappa shape index (κ3) is 16.2. The Balaban J connectivity index is 3.53. The Labute approximate surface area is 118 Å². The Hall–Kier alpha value is -1.80. The maximum absolute atomic E-state index is 5.21. The maximum Gasteiger partial charge on any atom is 0.110 e. The van der Waals surface area contributed by atoms with Crippen molar-refractivity contribution >= 4 is 0 Å². The van der Waals surface area contributed by atoms with E-state index in [1.807, 2.05) is 0 Å². The van der Waals surface area contributed by atoms with Gasteiger partial charge < -0.3 is 4.74 Å². The van der Waals surface area contributed by atoms with Gasteiger partial charge in [-0.1, -0.05) is 50.4 Å². The van der Waals surface area contributed by atoms with Gasteiger partial charge in [0.25, 0.3) is 0 Å². The van der Waals surface area contributed by atoms with Crippen LogP contribution in [0.2, 0.25) is 0 Å². The maximum atomic E-state index is 5.21. The van der Waals surface area contributed by atoms with Gasteiger partial charge in [-0.3, -0.25) is 0 Å². The van der Waals surface area contributed by atoms with Crippen molar-refractivity contribution in [2.45, 2.75) is 52.4 Å². The normalized spacial score (nSPS) is 7.68. The molecule has 0 aromatic carbocycles. The van der Waals surface area contributed by atoms with E-state index >= 15 is 0 Å². The van der Waals surface area contributed by atoms with Crippen LogP contribution in [0.4, 0.5) is 0 Å². The molecule has 0 heterocycles. The third-order valence-electron chi connectivity index (χ3n) is 2.14. The molecule has 19 heavy (non-hydrogen) atoms. The van der Waals surface area contributed by atoms with Gasteiger partial charge in [-0.05, 0) is 36.5 Å². The van der Waals surface area contributed by atoms with Gasteiger partial charge in [0, 0.05) is 12.8 Å². The van der Waals surface area contributed by atoms with E-state index in [0.29, 0.717) is 13.2 Å². The molecule has 0 aromatic heterocycles. The van der Waals surface area contributed by atoms with Gasteiger partial charge in [-0.15, -0.1) is 0 Å². The quantitative estimate of drug-likeness (QED) is 0.521. The van der Waals surface area contributed by atoms with E-state index in [0.717, 1.165) is 25.7 Å². The van der Waals surface area contributed by atoms with Crippen LogP contribution in [-0.2, 0) is 4.74 Å². The minimum Gasteiger partial charge on any atom is -0.356 e. The first-order valence-corrected chi connectivity index (χ1v) is 6.91. The number of ether oxygens (including phenoxy) is 1. The Morgan fingerprint density at radius 2 is 1.05 bits per heavy atom. The number of hydrogen-bond donors (Lipinski definition) is 0. The first-order chi connectivity index (χ1) is 9.41. The minimum absolute atomic E-state index is 0.375. The first kappa shape index (κ1) is 17.2. The van der Waals surface area contributed by atoms with Gasteiger partial charge >= 0.3 is 0 Å². The molecule has 1 nitrogen and oxygen atoms in total. The topological polar surface area (TPSA) is 9.23 Å². The first-order valence-electron chi connectivity index (χ1n) is 6.91. The lowest BCUT2D eigenvalue weighted by Gasteiger charge is -1.87. The van der Waals surface area contributed by atoms with E-state index < -0.39 is 0 Å². The fourth-order valence-corrected chi connectivity index (χ4v) is 1.06. The molecule has 0 rings (SSSR count). The predicted molar refractivity (Wildman–Crippen MR) is 81.0 cm³/mol. The summed E-state index contributed by atoms with van der Waals surface area (Å²) in [4.78, 5) is 0. The van der Waals surface area contributed by atoms with Crippen LogP contribution in [0.1, 0.15) is 52.4 Å². The second kappa shape index (κ2) is 16.2. The van der Waals surface area contributed by atoms with Crippen molar-refractivity contribution in [2.75, 3.05) is 13.2 Å². The molecule has 0 aliphatic heterocycles. The zero-order valence-electron chi connectivity index (χ0n) is 12.1. The van der Waals surface area contributed by atoms with Crippen molar-refractivity contribution in [1.82, 2.24) is 0 Å². The summed E-state index contributed by atoms with van der Waals surface area (Å²) in [7, 11) is 0. The van der Waals surface area contributed by atoms with Gasteiger partial charge in [-0.25, -0.2) is 0 Å². The number of unbranched alkanes of at least 4 members (excludes halogenated alkanes) is 4. The molecule has 0 aromatic rings. The molecule has 0 amide bonds. The Kier molecular flexibility index (Phi) is 14.7. The average Bonchev–Trinajstić information content (AvgIpc) is 2.43. The molecule has 0 bridgehead atoms. The van der Waals surface area contributed by atoms with Gasteiger partial charge in [0.05, 0.1) is 0 Å². The van der Waals surface area contributed by atoms with Crippen LogP contribution >= 0.6 is 0 Å². The zero-order valence-corrected chi connectivity index (χ0v) is 12.1. The molecule has 0 spiro atoms. The van der Waals surface area contributed by atoms with E-state index in [9.17, 15) is 0 Å². The lowest BCUT2D eigenvalue weighted by molar-refractivity contribution is 0.204. The summed E-state index contributed by atoms with van der Waals surface area (Å²) in [5.41, 5.74) is 0. The minimum atomic E-state index is 0.375.